The second kappa shape index (κ2) is 5.13. The molecule has 0 radical (unpaired) electrons. The van der Waals surface area contributed by atoms with Crippen molar-refractivity contribution in [3.8, 4) is 6.07 Å². The van der Waals surface area contributed by atoms with Gasteiger partial charge in [-0.3, -0.25) is 0 Å². The largest absolute Gasteiger partial charge is 0.365 e. The second-order valence-electron chi connectivity index (χ2n) is 3.37. The summed E-state index contributed by atoms with van der Waals surface area (Å²) < 4.78 is 0. The molecule has 17 heavy (non-hydrogen) atoms. The number of nitrogens with one attached hydrogen (secondary N) is 1. The smallest absolute Gasteiger partial charge is 0.132 e. The number of anilines is 1. The maximum atomic E-state index is 8.80. The van der Waals surface area contributed by atoms with Gasteiger partial charge in [0.05, 0.1) is 23.2 Å². The molecule has 0 unspecified atom stereocenters. The lowest BCUT2D eigenvalue weighted by Gasteiger charge is -2.04. The van der Waals surface area contributed by atoms with E-state index in [1.165, 1.54) is 6.07 Å². The molecule has 0 aromatic carbocycles. The van der Waals surface area contributed by atoms with Crippen LogP contribution in [0.2, 0.25) is 5.15 Å². The number of aryl methyl sites for hydroxylation is 1. The van der Waals surface area contributed by atoms with Crippen molar-refractivity contribution in [3.63, 3.8) is 0 Å². The molecule has 0 atom stereocenters. The highest BCUT2D eigenvalue weighted by molar-refractivity contribution is 7.11. The van der Waals surface area contributed by atoms with E-state index in [9.17, 15) is 0 Å². The number of nitrogens with zero attached hydrogens (tertiary/aromatic N) is 3. The molecule has 2 aromatic rings. The molecule has 4 nitrogen and oxygen atoms in total. The van der Waals surface area contributed by atoms with Crippen LogP contribution < -0.4 is 5.32 Å². The lowest BCUT2D eigenvalue weighted by atomic mass is 10.3. The Labute approximate surface area is 108 Å². The van der Waals surface area contributed by atoms with Crippen molar-refractivity contribution in [2.45, 2.75) is 13.5 Å². The number of hydrogen-bond acceptors (Lipinski definition) is 5. The molecule has 86 valence electrons. The van der Waals surface area contributed by atoms with E-state index in [0.29, 0.717) is 23.1 Å². The standard InChI is InChI=1S/C11H9ClN4S/c1-7-14-5-9(17-7)6-15-11-3-8(4-13)2-10(12)16-11/h2-3,5H,6H2,1H3,(H,15,16). The number of halogens is 1. The lowest BCUT2D eigenvalue weighted by Crippen LogP contribution is -2.00. The van der Waals surface area contributed by atoms with Gasteiger partial charge in [0.15, 0.2) is 0 Å². The van der Waals surface area contributed by atoms with Crippen LogP contribution in [0.15, 0.2) is 18.3 Å². The molecule has 0 bridgehead atoms. The van der Waals surface area contributed by atoms with Gasteiger partial charge in [-0.05, 0) is 19.1 Å². The van der Waals surface area contributed by atoms with Crippen LogP contribution in [-0.4, -0.2) is 9.97 Å². The van der Waals surface area contributed by atoms with Crippen LogP contribution in [0, 0.1) is 18.3 Å². The summed E-state index contributed by atoms with van der Waals surface area (Å²) >= 11 is 7.42. The van der Waals surface area contributed by atoms with E-state index in [0.717, 1.165) is 9.88 Å². The topological polar surface area (TPSA) is 61.6 Å². The zero-order valence-corrected chi connectivity index (χ0v) is 10.6. The summed E-state index contributed by atoms with van der Waals surface area (Å²) in [6.45, 7) is 2.59. The van der Waals surface area contributed by atoms with Gasteiger partial charge in [-0.25, -0.2) is 9.97 Å². The first-order valence-electron chi connectivity index (χ1n) is 4.90. The number of pyridine rings is 1. The van der Waals surface area contributed by atoms with E-state index in [4.69, 9.17) is 16.9 Å². The SMILES string of the molecule is Cc1ncc(CNc2cc(C#N)cc(Cl)n2)s1. The minimum Gasteiger partial charge on any atom is -0.365 e. The summed E-state index contributed by atoms with van der Waals surface area (Å²) in [5.41, 5.74) is 0.494. The Morgan fingerprint density at radius 3 is 3.00 bits per heavy atom. The predicted octanol–water partition coefficient (Wildman–Crippen LogP) is 2.98. The molecular weight excluding hydrogens is 256 g/mol. The molecule has 2 aromatic heterocycles. The number of nitriles is 1. The zero-order chi connectivity index (χ0) is 12.3. The summed E-state index contributed by atoms with van der Waals surface area (Å²) in [6, 6.07) is 5.23. The van der Waals surface area contributed by atoms with Crippen LogP contribution in [-0.2, 0) is 6.54 Å². The summed E-state index contributed by atoms with van der Waals surface area (Å²) in [5, 5.41) is 13.3. The minimum atomic E-state index is 0.312. The van der Waals surface area contributed by atoms with Crippen molar-refractivity contribution < 1.29 is 0 Å². The minimum absolute atomic E-state index is 0.312. The van der Waals surface area contributed by atoms with Crippen LogP contribution in [0.5, 0.6) is 0 Å². The molecular formula is C11H9ClN4S. The Morgan fingerprint density at radius 2 is 2.35 bits per heavy atom. The highest BCUT2D eigenvalue weighted by atomic mass is 35.5. The van der Waals surface area contributed by atoms with Crippen molar-refractivity contribution >= 4 is 28.8 Å². The van der Waals surface area contributed by atoms with Crippen LogP contribution in [0.25, 0.3) is 0 Å². The van der Waals surface area contributed by atoms with Crippen molar-refractivity contribution in [3.05, 3.63) is 38.9 Å². The number of hydrogen-bond donors (Lipinski definition) is 1. The highest BCUT2D eigenvalue weighted by Crippen LogP contribution is 2.16. The Kier molecular flexibility index (Phi) is 3.57. The molecule has 1 N–H and O–H groups in total. The summed E-state index contributed by atoms with van der Waals surface area (Å²) in [5.74, 6) is 0.597. The van der Waals surface area contributed by atoms with Crippen molar-refractivity contribution in [1.82, 2.24) is 9.97 Å². The first-order chi connectivity index (χ1) is 8.17. The van der Waals surface area contributed by atoms with Gasteiger partial charge in [0.2, 0.25) is 0 Å². The molecule has 0 aliphatic carbocycles. The van der Waals surface area contributed by atoms with Crippen LogP contribution >= 0.6 is 22.9 Å². The average Bonchev–Trinajstić information content (AvgIpc) is 2.72. The summed E-state index contributed by atoms with van der Waals surface area (Å²) in [4.78, 5) is 9.36. The van der Waals surface area contributed by atoms with E-state index in [1.807, 2.05) is 19.2 Å². The number of rotatable bonds is 3. The monoisotopic (exact) mass is 264 g/mol. The van der Waals surface area contributed by atoms with E-state index < -0.39 is 0 Å². The Balaban J connectivity index is 2.09. The molecule has 6 heteroatoms. The molecule has 0 saturated carbocycles. The van der Waals surface area contributed by atoms with E-state index in [2.05, 4.69) is 15.3 Å². The molecule has 0 aliphatic heterocycles. The summed E-state index contributed by atoms with van der Waals surface area (Å²) in [6.07, 6.45) is 1.82. The predicted molar refractivity (Wildman–Crippen MR) is 68.1 cm³/mol. The Morgan fingerprint density at radius 1 is 1.53 bits per heavy atom. The third kappa shape index (κ3) is 3.16. The summed E-state index contributed by atoms with van der Waals surface area (Å²) in [7, 11) is 0. The van der Waals surface area contributed by atoms with Gasteiger partial charge in [-0.2, -0.15) is 5.26 Å². The van der Waals surface area contributed by atoms with E-state index in [1.54, 1.807) is 17.4 Å². The van der Waals surface area contributed by atoms with Gasteiger partial charge < -0.3 is 5.32 Å². The maximum absolute atomic E-state index is 8.80. The molecule has 0 fully saturated rings. The average molecular weight is 265 g/mol. The van der Waals surface area contributed by atoms with Gasteiger partial charge >= 0.3 is 0 Å². The number of thiazole rings is 1. The third-order valence-electron chi connectivity index (χ3n) is 2.04. The normalized spacial score (nSPS) is 9.94. The van der Waals surface area contributed by atoms with E-state index >= 15 is 0 Å². The molecule has 0 spiro atoms. The first kappa shape index (κ1) is 11.8. The van der Waals surface area contributed by atoms with Gasteiger partial charge in [0.25, 0.3) is 0 Å². The highest BCUT2D eigenvalue weighted by Gasteiger charge is 2.02. The fraction of sp³-hybridized carbons (Fsp3) is 0.182. The lowest BCUT2D eigenvalue weighted by molar-refractivity contribution is 1.13. The van der Waals surface area contributed by atoms with Gasteiger partial charge in [0, 0.05) is 11.1 Å². The van der Waals surface area contributed by atoms with Crippen LogP contribution in [0.1, 0.15) is 15.4 Å². The molecule has 0 amide bonds. The van der Waals surface area contributed by atoms with Gasteiger partial charge in [-0.1, -0.05) is 11.6 Å². The Hall–Kier alpha value is -1.64. The van der Waals surface area contributed by atoms with Crippen molar-refractivity contribution in [2.24, 2.45) is 0 Å². The first-order valence-corrected chi connectivity index (χ1v) is 6.09. The fourth-order valence-corrected chi connectivity index (χ4v) is 2.26. The van der Waals surface area contributed by atoms with Gasteiger partial charge in [-0.15, -0.1) is 11.3 Å². The third-order valence-corrected chi connectivity index (χ3v) is 3.14. The van der Waals surface area contributed by atoms with Gasteiger partial charge in [0.1, 0.15) is 11.0 Å². The molecule has 0 aliphatic rings. The van der Waals surface area contributed by atoms with Crippen molar-refractivity contribution in [1.29, 1.82) is 5.26 Å². The maximum Gasteiger partial charge on any atom is 0.132 e. The number of aromatic nitrogens is 2. The van der Waals surface area contributed by atoms with Crippen LogP contribution in [0.4, 0.5) is 5.82 Å². The fourth-order valence-electron chi connectivity index (χ4n) is 1.32. The van der Waals surface area contributed by atoms with Crippen molar-refractivity contribution in [2.75, 3.05) is 5.32 Å². The van der Waals surface area contributed by atoms with Crippen LogP contribution in [0.3, 0.4) is 0 Å². The zero-order valence-electron chi connectivity index (χ0n) is 9.07. The van der Waals surface area contributed by atoms with E-state index in [-0.39, 0.29) is 0 Å². The quantitative estimate of drug-likeness (QED) is 0.866. The molecule has 2 heterocycles. The Bertz CT molecular complexity index is 573. The second-order valence-corrected chi connectivity index (χ2v) is 5.08. The molecule has 2 rings (SSSR count). The molecule has 0 saturated heterocycles.